The molecule has 0 radical (unpaired) electrons. The van der Waals surface area contributed by atoms with Crippen molar-refractivity contribution in [3.8, 4) is 0 Å². The van der Waals surface area contributed by atoms with Crippen LogP contribution >= 0.6 is 16.3 Å². The molecule has 2 fully saturated rings. The van der Waals surface area contributed by atoms with E-state index in [1.807, 2.05) is 0 Å². The van der Waals surface area contributed by atoms with Gasteiger partial charge in [-0.25, -0.2) is 0 Å². The van der Waals surface area contributed by atoms with Gasteiger partial charge in [0.2, 0.25) is 0 Å². The first-order valence-corrected chi connectivity index (χ1v) is 8.87. The van der Waals surface area contributed by atoms with Crippen LogP contribution in [-0.2, 0) is 4.31 Å². The molecule has 2 N–H and O–H groups in total. The minimum atomic E-state index is -0.658. The van der Waals surface area contributed by atoms with Crippen LogP contribution < -0.4 is 0 Å². The molecule has 0 bridgehead atoms. The standard InChI is InChI=1S/C10H20O3P2/c11-9-5-1-3-7-14(9)13-15-8-4-2-6-10(15)12/h9-12H,1-8H2. The zero-order valence-corrected chi connectivity index (χ0v) is 10.8. The average Bonchev–Trinajstić information content (AvgIpc) is 2.24. The molecule has 5 heteroatoms. The third kappa shape index (κ3) is 3.35. The maximum absolute atomic E-state index is 9.82. The first-order chi connectivity index (χ1) is 7.27. The number of rotatable bonds is 2. The van der Waals surface area contributed by atoms with Crippen LogP contribution in [0.2, 0.25) is 0 Å². The number of hydrogen-bond acceptors (Lipinski definition) is 3. The molecule has 2 aliphatic rings. The third-order valence-electron chi connectivity index (χ3n) is 3.06. The molecule has 4 unspecified atom stereocenters. The number of aliphatic hydroxyl groups excluding tert-OH is 2. The largest absolute Gasteiger partial charge is 0.386 e. The molecule has 0 aromatic heterocycles. The molecule has 2 rings (SSSR count). The van der Waals surface area contributed by atoms with Crippen molar-refractivity contribution in [3.05, 3.63) is 0 Å². The first-order valence-electron chi connectivity index (χ1n) is 5.85. The Labute approximate surface area is 93.9 Å². The summed E-state index contributed by atoms with van der Waals surface area (Å²) in [6, 6.07) is 0. The van der Waals surface area contributed by atoms with Gasteiger partial charge >= 0.3 is 0 Å². The summed E-state index contributed by atoms with van der Waals surface area (Å²) in [4.78, 5) is 0. The minimum Gasteiger partial charge on any atom is -0.386 e. The van der Waals surface area contributed by atoms with Crippen LogP contribution in [0, 0.1) is 0 Å². The second-order valence-corrected chi connectivity index (χ2v) is 8.72. The van der Waals surface area contributed by atoms with E-state index >= 15 is 0 Å². The monoisotopic (exact) mass is 250 g/mol. The summed E-state index contributed by atoms with van der Waals surface area (Å²) >= 11 is 0. The van der Waals surface area contributed by atoms with Crippen LogP contribution in [0.3, 0.4) is 0 Å². The fourth-order valence-electron chi connectivity index (χ4n) is 2.10. The lowest BCUT2D eigenvalue weighted by molar-refractivity contribution is 0.215. The van der Waals surface area contributed by atoms with E-state index in [4.69, 9.17) is 4.31 Å². The van der Waals surface area contributed by atoms with Crippen molar-refractivity contribution in [3.63, 3.8) is 0 Å². The Balaban J connectivity index is 1.83. The lowest BCUT2D eigenvalue weighted by Gasteiger charge is -2.34. The van der Waals surface area contributed by atoms with Crippen molar-refractivity contribution in [1.82, 2.24) is 0 Å². The van der Waals surface area contributed by atoms with Crippen molar-refractivity contribution < 1.29 is 14.5 Å². The number of hydrogen-bond donors (Lipinski definition) is 2. The normalized spacial score (nSPS) is 42.8. The molecule has 0 amide bonds. The van der Waals surface area contributed by atoms with Gasteiger partial charge < -0.3 is 14.5 Å². The van der Waals surface area contributed by atoms with Gasteiger partial charge in [0.25, 0.3) is 0 Å². The van der Waals surface area contributed by atoms with Crippen LogP contribution in [-0.4, -0.2) is 34.2 Å². The SMILES string of the molecule is OC1CCCCP1OP1CCCCC1O. The van der Waals surface area contributed by atoms with Gasteiger partial charge in [0, 0.05) is 0 Å². The molecule has 2 saturated heterocycles. The maximum Gasteiger partial charge on any atom is 0.0981 e. The van der Waals surface area contributed by atoms with Gasteiger partial charge in [-0.3, -0.25) is 0 Å². The lowest BCUT2D eigenvalue weighted by atomic mass is 10.2. The van der Waals surface area contributed by atoms with Gasteiger partial charge in [0.05, 0.1) is 28.0 Å². The highest BCUT2D eigenvalue weighted by Crippen LogP contribution is 2.61. The lowest BCUT2D eigenvalue weighted by Crippen LogP contribution is -2.17. The topological polar surface area (TPSA) is 49.7 Å². The van der Waals surface area contributed by atoms with E-state index < -0.39 is 16.3 Å². The molecule has 15 heavy (non-hydrogen) atoms. The molecule has 88 valence electrons. The van der Waals surface area contributed by atoms with Crippen molar-refractivity contribution in [1.29, 1.82) is 0 Å². The maximum atomic E-state index is 9.82. The third-order valence-corrected chi connectivity index (χ3v) is 8.09. The summed E-state index contributed by atoms with van der Waals surface area (Å²) in [5, 5.41) is 19.6. The van der Waals surface area contributed by atoms with Gasteiger partial charge in [-0.05, 0) is 50.8 Å². The Morgan fingerprint density at radius 1 is 0.800 bits per heavy atom. The highest BCUT2D eigenvalue weighted by Gasteiger charge is 2.31. The Hall–Kier alpha value is 0.740. The van der Waals surface area contributed by atoms with Crippen molar-refractivity contribution >= 4 is 16.3 Å². The highest BCUT2D eigenvalue weighted by molar-refractivity contribution is 7.66. The summed E-state index contributed by atoms with van der Waals surface area (Å²) < 4.78 is 5.99. The van der Waals surface area contributed by atoms with E-state index in [9.17, 15) is 10.2 Å². The zero-order chi connectivity index (χ0) is 10.7. The fourth-order valence-corrected chi connectivity index (χ4v) is 7.31. The highest BCUT2D eigenvalue weighted by atomic mass is 31.2. The average molecular weight is 250 g/mol. The van der Waals surface area contributed by atoms with E-state index in [0.29, 0.717) is 0 Å². The Morgan fingerprint density at radius 2 is 1.27 bits per heavy atom. The van der Waals surface area contributed by atoms with Crippen LogP contribution in [0.5, 0.6) is 0 Å². The molecular formula is C10H20O3P2. The smallest absolute Gasteiger partial charge is 0.0981 e. The van der Waals surface area contributed by atoms with E-state index in [1.165, 1.54) is 12.8 Å². The van der Waals surface area contributed by atoms with Gasteiger partial charge in [-0.1, -0.05) is 0 Å². The molecular weight excluding hydrogens is 230 g/mol. The van der Waals surface area contributed by atoms with E-state index in [2.05, 4.69) is 0 Å². The summed E-state index contributed by atoms with van der Waals surface area (Å²) in [5.41, 5.74) is 0. The molecule has 0 aromatic carbocycles. The minimum absolute atomic E-state index is 0.231. The molecule has 2 aliphatic heterocycles. The van der Waals surface area contributed by atoms with Gasteiger partial charge in [0.15, 0.2) is 0 Å². The fraction of sp³-hybridized carbons (Fsp3) is 1.00. The second kappa shape index (κ2) is 5.89. The Kier molecular flexibility index (Phi) is 4.79. The van der Waals surface area contributed by atoms with Gasteiger partial charge in [0.1, 0.15) is 0 Å². The van der Waals surface area contributed by atoms with E-state index in [1.54, 1.807) is 0 Å². The molecule has 0 saturated carbocycles. The predicted octanol–water partition coefficient (Wildman–Crippen LogP) is 2.80. The predicted molar refractivity (Wildman–Crippen MR) is 64.4 cm³/mol. The Morgan fingerprint density at radius 3 is 1.67 bits per heavy atom. The second-order valence-electron chi connectivity index (χ2n) is 4.32. The molecule has 4 atom stereocenters. The first kappa shape index (κ1) is 12.2. The zero-order valence-electron chi connectivity index (χ0n) is 9.01. The molecule has 2 heterocycles. The van der Waals surface area contributed by atoms with Crippen molar-refractivity contribution in [2.24, 2.45) is 0 Å². The molecule has 0 spiro atoms. The molecule has 3 nitrogen and oxygen atoms in total. The molecule has 0 aromatic rings. The van der Waals surface area contributed by atoms with Crippen LogP contribution in [0.1, 0.15) is 38.5 Å². The Bertz CT molecular complexity index is 183. The van der Waals surface area contributed by atoms with Crippen molar-refractivity contribution in [2.75, 3.05) is 12.3 Å². The van der Waals surface area contributed by atoms with Crippen LogP contribution in [0.4, 0.5) is 0 Å². The summed E-state index contributed by atoms with van der Waals surface area (Å²) in [6.45, 7) is 0. The van der Waals surface area contributed by atoms with E-state index in [0.717, 1.165) is 38.0 Å². The summed E-state index contributed by atoms with van der Waals surface area (Å²) in [5.74, 6) is -0.462. The van der Waals surface area contributed by atoms with Crippen LogP contribution in [0.15, 0.2) is 0 Å². The summed E-state index contributed by atoms with van der Waals surface area (Å²) in [7, 11) is -1.32. The van der Waals surface area contributed by atoms with Gasteiger partial charge in [-0.15, -0.1) is 0 Å². The quantitative estimate of drug-likeness (QED) is 0.741. The number of aliphatic hydroxyl groups is 2. The van der Waals surface area contributed by atoms with Crippen LogP contribution in [0.25, 0.3) is 0 Å². The summed E-state index contributed by atoms with van der Waals surface area (Å²) in [6.07, 6.45) is 8.47. The van der Waals surface area contributed by atoms with Crippen molar-refractivity contribution in [2.45, 2.75) is 50.2 Å². The van der Waals surface area contributed by atoms with E-state index in [-0.39, 0.29) is 11.7 Å². The molecule has 0 aliphatic carbocycles. The van der Waals surface area contributed by atoms with Gasteiger partial charge in [-0.2, -0.15) is 0 Å².